The van der Waals surface area contributed by atoms with Crippen LogP contribution < -0.4 is 10.1 Å². The summed E-state index contributed by atoms with van der Waals surface area (Å²) in [5.74, 6) is 2.80. The van der Waals surface area contributed by atoms with Crippen molar-refractivity contribution in [3.05, 3.63) is 11.9 Å². The molecule has 5 heteroatoms. The zero-order valence-electron chi connectivity index (χ0n) is 12.6. The molecule has 0 spiro atoms. The number of nitrogens with zero attached hydrogens (tertiary/aromatic N) is 2. The van der Waals surface area contributed by atoms with Crippen LogP contribution >= 0.6 is 11.6 Å². The monoisotopic (exact) mass is 297 g/mol. The summed E-state index contributed by atoms with van der Waals surface area (Å²) >= 11 is 6.27. The van der Waals surface area contributed by atoms with E-state index in [0.29, 0.717) is 24.3 Å². The SMILES string of the molecule is CCOc1ncnc(NC2(CCl)CCCC(C)C2)c1C. The van der Waals surface area contributed by atoms with Crippen molar-refractivity contribution in [2.24, 2.45) is 5.92 Å². The van der Waals surface area contributed by atoms with Gasteiger partial charge in [0.25, 0.3) is 0 Å². The first-order valence-electron chi connectivity index (χ1n) is 7.39. The van der Waals surface area contributed by atoms with Gasteiger partial charge in [-0.25, -0.2) is 9.97 Å². The Morgan fingerprint density at radius 3 is 2.95 bits per heavy atom. The molecule has 1 aromatic heterocycles. The van der Waals surface area contributed by atoms with Gasteiger partial charge in [0.2, 0.25) is 5.88 Å². The third-order valence-electron chi connectivity index (χ3n) is 4.05. The van der Waals surface area contributed by atoms with Gasteiger partial charge in [0.05, 0.1) is 17.7 Å². The quantitative estimate of drug-likeness (QED) is 0.840. The second kappa shape index (κ2) is 6.61. The number of hydrogen-bond donors (Lipinski definition) is 1. The van der Waals surface area contributed by atoms with Gasteiger partial charge in [0.15, 0.2) is 0 Å². The Hall–Kier alpha value is -1.03. The van der Waals surface area contributed by atoms with E-state index >= 15 is 0 Å². The lowest BCUT2D eigenvalue weighted by atomic mass is 9.77. The zero-order chi connectivity index (χ0) is 14.6. The molecule has 1 aliphatic rings. The molecule has 20 heavy (non-hydrogen) atoms. The summed E-state index contributed by atoms with van der Waals surface area (Å²) in [5.41, 5.74) is 0.902. The van der Waals surface area contributed by atoms with Gasteiger partial charge >= 0.3 is 0 Å². The van der Waals surface area contributed by atoms with Crippen LogP contribution in [0.1, 0.15) is 45.1 Å². The lowest BCUT2D eigenvalue weighted by Gasteiger charge is -2.40. The maximum Gasteiger partial charge on any atom is 0.221 e. The van der Waals surface area contributed by atoms with Crippen LogP contribution in [0.5, 0.6) is 5.88 Å². The molecule has 4 nitrogen and oxygen atoms in total. The summed E-state index contributed by atoms with van der Waals surface area (Å²) in [6.45, 7) is 6.84. The van der Waals surface area contributed by atoms with E-state index in [2.05, 4.69) is 22.2 Å². The number of alkyl halides is 1. The topological polar surface area (TPSA) is 47.0 Å². The summed E-state index contributed by atoms with van der Waals surface area (Å²) in [7, 11) is 0. The lowest BCUT2D eigenvalue weighted by molar-refractivity contribution is 0.278. The van der Waals surface area contributed by atoms with Crippen LogP contribution in [0.2, 0.25) is 0 Å². The highest BCUT2D eigenvalue weighted by Crippen LogP contribution is 2.36. The predicted octanol–water partition coefficient (Wildman–Crippen LogP) is 3.78. The Morgan fingerprint density at radius 2 is 2.30 bits per heavy atom. The van der Waals surface area contributed by atoms with Crippen molar-refractivity contribution >= 4 is 17.4 Å². The van der Waals surface area contributed by atoms with Crippen LogP contribution in [-0.4, -0.2) is 28.0 Å². The molecule has 1 aromatic rings. The third kappa shape index (κ3) is 3.35. The van der Waals surface area contributed by atoms with Gasteiger partial charge in [0.1, 0.15) is 12.1 Å². The van der Waals surface area contributed by atoms with E-state index in [4.69, 9.17) is 16.3 Å². The molecule has 2 atom stereocenters. The first-order valence-corrected chi connectivity index (χ1v) is 7.92. The van der Waals surface area contributed by atoms with Crippen LogP contribution in [0.25, 0.3) is 0 Å². The van der Waals surface area contributed by atoms with Crippen molar-refractivity contribution in [1.82, 2.24) is 9.97 Å². The molecule has 0 aliphatic heterocycles. The van der Waals surface area contributed by atoms with Gasteiger partial charge < -0.3 is 10.1 Å². The summed E-state index contributed by atoms with van der Waals surface area (Å²) in [5, 5.41) is 3.58. The molecule has 2 unspecified atom stereocenters. The van der Waals surface area contributed by atoms with Crippen LogP contribution in [-0.2, 0) is 0 Å². The minimum atomic E-state index is -0.0537. The average molecular weight is 298 g/mol. The van der Waals surface area contributed by atoms with Gasteiger partial charge in [-0.2, -0.15) is 0 Å². The van der Waals surface area contributed by atoms with Crippen molar-refractivity contribution < 1.29 is 4.74 Å². The molecule has 112 valence electrons. The fourth-order valence-electron chi connectivity index (χ4n) is 3.02. The Morgan fingerprint density at radius 1 is 1.50 bits per heavy atom. The molecular formula is C15H24ClN3O. The van der Waals surface area contributed by atoms with Gasteiger partial charge in [0, 0.05) is 5.88 Å². The standard InChI is InChI=1S/C15H24ClN3O/c1-4-20-14-12(3)13(17-10-18-14)19-15(9-16)7-5-6-11(2)8-15/h10-11H,4-9H2,1-3H3,(H,17,18,19). The first-order chi connectivity index (χ1) is 9.60. The fourth-order valence-corrected chi connectivity index (χ4v) is 3.33. The molecule has 1 fully saturated rings. The highest BCUT2D eigenvalue weighted by molar-refractivity contribution is 6.18. The minimum Gasteiger partial charge on any atom is -0.478 e. The average Bonchev–Trinajstić information content (AvgIpc) is 2.43. The molecule has 1 saturated carbocycles. The largest absolute Gasteiger partial charge is 0.478 e. The predicted molar refractivity (Wildman–Crippen MR) is 82.6 cm³/mol. The maximum absolute atomic E-state index is 6.27. The summed E-state index contributed by atoms with van der Waals surface area (Å²) in [6.07, 6.45) is 6.23. The minimum absolute atomic E-state index is 0.0537. The summed E-state index contributed by atoms with van der Waals surface area (Å²) in [6, 6.07) is 0. The Kier molecular flexibility index (Phi) is 5.08. The van der Waals surface area contributed by atoms with E-state index in [-0.39, 0.29) is 5.54 Å². The molecule has 2 rings (SSSR count). The Labute approximate surface area is 126 Å². The summed E-state index contributed by atoms with van der Waals surface area (Å²) < 4.78 is 5.53. The van der Waals surface area contributed by atoms with Crippen molar-refractivity contribution in [1.29, 1.82) is 0 Å². The highest BCUT2D eigenvalue weighted by Gasteiger charge is 2.35. The van der Waals surface area contributed by atoms with E-state index in [0.717, 1.165) is 24.2 Å². The molecule has 0 saturated heterocycles. The number of nitrogens with one attached hydrogen (secondary N) is 1. The van der Waals surface area contributed by atoms with Crippen molar-refractivity contribution in [2.45, 2.75) is 52.0 Å². The molecular weight excluding hydrogens is 274 g/mol. The Balaban J connectivity index is 2.21. The number of halogens is 1. The van der Waals surface area contributed by atoms with Crippen molar-refractivity contribution in [3.63, 3.8) is 0 Å². The number of ether oxygens (including phenoxy) is 1. The van der Waals surface area contributed by atoms with E-state index in [1.807, 2.05) is 13.8 Å². The lowest BCUT2D eigenvalue weighted by Crippen LogP contribution is -2.44. The van der Waals surface area contributed by atoms with E-state index in [1.54, 1.807) is 6.33 Å². The van der Waals surface area contributed by atoms with Crippen molar-refractivity contribution in [2.75, 3.05) is 17.8 Å². The molecule has 0 aromatic carbocycles. The molecule has 0 amide bonds. The van der Waals surface area contributed by atoms with Crippen molar-refractivity contribution in [3.8, 4) is 5.88 Å². The van der Waals surface area contributed by atoms with Gasteiger partial charge in [-0.3, -0.25) is 0 Å². The van der Waals surface area contributed by atoms with Crippen LogP contribution in [0, 0.1) is 12.8 Å². The maximum atomic E-state index is 6.27. The fraction of sp³-hybridized carbons (Fsp3) is 0.733. The second-order valence-corrected chi connectivity index (χ2v) is 6.09. The van der Waals surface area contributed by atoms with Gasteiger partial charge in [-0.1, -0.05) is 19.8 Å². The molecule has 0 radical (unpaired) electrons. The number of hydrogen-bond acceptors (Lipinski definition) is 4. The molecule has 1 heterocycles. The smallest absolute Gasteiger partial charge is 0.221 e. The normalized spacial score (nSPS) is 26.3. The van der Waals surface area contributed by atoms with Crippen LogP contribution in [0.4, 0.5) is 5.82 Å². The molecule has 0 bridgehead atoms. The van der Waals surface area contributed by atoms with Crippen LogP contribution in [0.3, 0.4) is 0 Å². The van der Waals surface area contributed by atoms with E-state index < -0.39 is 0 Å². The first kappa shape index (κ1) is 15.4. The third-order valence-corrected chi connectivity index (χ3v) is 4.56. The highest BCUT2D eigenvalue weighted by atomic mass is 35.5. The number of rotatable bonds is 5. The number of aromatic nitrogens is 2. The Bertz CT molecular complexity index is 455. The van der Waals surface area contributed by atoms with Gasteiger partial charge in [-0.05, 0) is 32.6 Å². The second-order valence-electron chi connectivity index (χ2n) is 5.83. The zero-order valence-corrected chi connectivity index (χ0v) is 13.3. The molecule has 1 aliphatic carbocycles. The van der Waals surface area contributed by atoms with E-state index in [9.17, 15) is 0 Å². The molecule has 1 N–H and O–H groups in total. The van der Waals surface area contributed by atoms with Crippen LogP contribution in [0.15, 0.2) is 6.33 Å². The summed E-state index contributed by atoms with van der Waals surface area (Å²) in [4.78, 5) is 8.55. The van der Waals surface area contributed by atoms with E-state index in [1.165, 1.54) is 12.8 Å². The van der Waals surface area contributed by atoms with Gasteiger partial charge in [-0.15, -0.1) is 11.6 Å². The number of anilines is 1.